The van der Waals surface area contributed by atoms with Crippen molar-refractivity contribution < 1.29 is 4.79 Å². The van der Waals surface area contributed by atoms with Gasteiger partial charge in [0.1, 0.15) is 0 Å². The second kappa shape index (κ2) is 10.0. The van der Waals surface area contributed by atoms with Crippen molar-refractivity contribution in [3.8, 4) is 0 Å². The van der Waals surface area contributed by atoms with Crippen LogP contribution in [0.25, 0.3) is 10.9 Å². The van der Waals surface area contributed by atoms with Crippen LogP contribution in [0.2, 0.25) is 0 Å². The van der Waals surface area contributed by atoms with Crippen LogP contribution >= 0.6 is 12.2 Å². The Bertz CT molecular complexity index is 1150. The van der Waals surface area contributed by atoms with Crippen LogP contribution in [0.1, 0.15) is 23.7 Å². The van der Waals surface area contributed by atoms with E-state index in [0.29, 0.717) is 34.3 Å². The Labute approximate surface area is 180 Å². The summed E-state index contributed by atoms with van der Waals surface area (Å²) in [6.07, 6.45) is 2.45. The van der Waals surface area contributed by atoms with Gasteiger partial charge in [0.25, 0.3) is 11.5 Å². The lowest BCUT2D eigenvalue weighted by Crippen LogP contribution is -2.30. The Morgan fingerprint density at radius 2 is 2.03 bits per heavy atom. The standard InChI is InChI=1S/C23H26N4O2S/c1-3-14-27-22(29)19-12-11-17(16-20(19)25-23(27)30)21(28)24-13-8-15-26(4-2)18-9-6-5-7-10-18/h3,5-7,9-12,16H,1,4,8,13-15H2,2H3,(H,24,28)(H,25,30). The van der Waals surface area contributed by atoms with Crippen molar-refractivity contribution in [2.45, 2.75) is 19.9 Å². The molecule has 1 aromatic heterocycles. The van der Waals surface area contributed by atoms with Crippen molar-refractivity contribution in [2.24, 2.45) is 0 Å². The molecular formula is C23H26N4O2S. The smallest absolute Gasteiger partial charge is 0.262 e. The molecule has 0 aliphatic rings. The molecule has 156 valence electrons. The monoisotopic (exact) mass is 422 g/mol. The molecule has 2 aromatic carbocycles. The largest absolute Gasteiger partial charge is 0.372 e. The summed E-state index contributed by atoms with van der Waals surface area (Å²) in [5.41, 5.74) is 2.03. The summed E-state index contributed by atoms with van der Waals surface area (Å²) in [7, 11) is 0. The van der Waals surface area contributed by atoms with E-state index in [2.05, 4.69) is 40.8 Å². The van der Waals surface area contributed by atoms with E-state index in [1.807, 2.05) is 18.2 Å². The molecular weight excluding hydrogens is 396 g/mol. The lowest BCUT2D eigenvalue weighted by atomic mass is 10.1. The van der Waals surface area contributed by atoms with E-state index in [0.717, 1.165) is 19.5 Å². The molecule has 0 aliphatic heterocycles. The summed E-state index contributed by atoms with van der Waals surface area (Å²) in [6.45, 7) is 8.43. The van der Waals surface area contributed by atoms with Gasteiger partial charge in [-0.05, 0) is 55.9 Å². The number of aromatic amines is 1. The van der Waals surface area contributed by atoms with Gasteiger partial charge >= 0.3 is 0 Å². The quantitative estimate of drug-likeness (QED) is 0.312. The number of hydrogen-bond donors (Lipinski definition) is 2. The van der Waals surface area contributed by atoms with Crippen molar-refractivity contribution in [1.29, 1.82) is 0 Å². The third-order valence-electron chi connectivity index (χ3n) is 4.95. The highest BCUT2D eigenvalue weighted by Gasteiger charge is 2.10. The van der Waals surface area contributed by atoms with Crippen LogP contribution < -0.4 is 15.8 Å². The predicted molar refractivity (Wildman–Crippen MR) is 125 cm³/mol. The van der Waals surface area contributed by atoms with E-state index in [-0.39, 0.29) is 11.5 Å². The summed E-state index contributed by atoms with van der Waals surface area (Å²) in [5.74, 6) is -0.172. The van der Waals surface area contributed by atoms with Gasteiger partial charge in [-0.25, -0.2) is 0 Å². The summed E-state index contributed by atoms with van der Waals surface area (Å²) in [5, 5.41) is 3.44. The fraction of sp³-hybridized carbons (Fsp3) is 0.261. The Kier molecular flexibility index (Phi) is 7.19. The molecule has 6 nitrogen and oxygen atoms in total. The Balaban J connectivity index is 1.64. The van der Waals surface area contributed by atoms with E-state index in [4.69, 9.17) is 12.2 Å². The lowest BCUT2D eigenvalue weighted by molar-refractivity contribution is 0.0953. The molecule has 0 saturated heterocycles. The molecule has 0 atom stereocenters. The first-order valence-corrected chi connectivity index (χ1v) is 10.4. The fourth-order valence-corrected chi connectivity index (χ4v) is 3.64. The molecule has 3 rings (SSSR count). The average Bonchev–Trinajstić information content (AvgIpc) is 2.76. The van der Waals surface area contributed by atoms with Gasteiger partial charge in [-0.15, -0.1) is 6.58 Å². The first-order chi connectivity index (χ1) is 14.5. The number of anilines is 1. The highest BCUT2D eigenvalue weighted by Crippen LogP contribution is 2.13. The fourth-order valence-electron chi connectivity index (χ4n) is 3.37. The number of benzene rings is 2. The number of hydrogen-bond acceptors (Lipinski definition) is 4. The van der Waals surface area contributed by atoms with Crippen LogP contribution in [0.5, 0.6) is 0 Å². The van der Waals surface area contributed by atoms with Crippen LogP contribution in [0.3, 0.4) is 0 Å². The van der Waals surface area contributed by atoms with E-state index in [1.165, 1.54) is 10.3 Å². The normalized spacial score (nSPS) is 10.7. The number of para-hydroxylation sites is 1. The van der Waals surface area contributed by atoms with Gasteiger partial charge in [-0.2, -0.15) is 0 Å². The number of amides is 1. The van der Waals surface area contributed by atoms with Crippen molar-refractivity contribution in [2.75, 3.05) is 24.5 Å². The molecule has 30 heavy (non-hydrogen) atoms. The minimum absolute atomic E-state index is 0.172. The molecule has 0 radical (unpaired) electrons. The summed E-state index contributed by atoms with van der Waals surface area (Å²) < 4.78 is 1.75. The Hall–Kier alpha value is -3.19. The van der Waals surface area contributed by atoms with Gasteiger partial charge in [0.2, 0.25) is 0 Å². The van der Waals surface area contributed by atoms with Gasteiger partial charge in [-0.1, -0.05) is 24.3 Å². The lowest BCUT2D eigenvalue weighted by Gasteiger charge is -2.23. The highest BCUT2D eigenvalue weighted by molar-refractivity contribution is 7.71. The maximum Gasteiger partial charge on any atom is 0.262 e. The molecule has 0 fully saturated rings. The second-order valence-corrected chi connectivity index (χ2v) is 7.31. The van der Waals surface area contributed by atoms with Crippen LogP contribution in [-0.4, -0.2) is 35.1 Å². The van der Waals surface area contributed by atoms with Crippen LogP contribution in [0.15, 0.2) is 66.0 Å². The number of H-pyrrole nitrogens is 1. The Morgan fingerprint density at radius 1 is 1.27 bits per heavy atom. The van der Waals surface area contributed by atoms with E-state index in [1.54, 1.807) is 24.3 Å². The number of aromatic nitrogens is 2. The van der Waals surface area contributed by atoms with Crippen molar-refractivity contribution in [1.82, 2.24) is 14.9 Å². The Morgan fingerprint density at radius 3 is 2.73 bits per heavy atom. The van der Waals surface area contributed by atoms with Crippen molar-refractivity contribution >= 4 is 34.7 Å². The number of carbonyl (C=O) groups is 1. The molecule has 2 N–H and O–H groups in total. The van der Waals surface area contributed by atoms with Gasteiger partial charge in [-0.3, -0.25) is 14.2 Å². The predicted octanol–water partition coefficient (Wildman–Crippen LogP) is 3.89. The first kappa shape index (κ1) is 21.5. The number of nitrogens with one attached hydrogen (secondary N) is 2. The number of fused-ring (bicyclic) bond motifs is 1. The van der Waals surface area contributed by atoms with Crippen LogP contribution in [0, 0.1) is 4.77 Å². The molecule has 0 unspecified atom stereocenters. The molecule has 7 heteroatoms. The summed E-state index contributed by atoms with van der Waals surface area (Å²) in [4.78, 5) is 30.4. The van der Waals surface area contributed by atoms with Gasteiger partial charge in [0, 0.05) is 37.4 Å². The molecule has 0 bridgehead atoms. The number of nitrogens with zero attached hydrogens (tertiary/aromatic N) is 2. The zero-order valence-electron chi connectivity index (χ0n) is 17.1. The first-order valence-electron chi connectivity index (χ1n) is 10.0. The van der Waals surface area contributed by atoms with Crippen LogP contribution in [-0.2, 0) is 6.54 Å². The van der Waals surface area contributed by atoms with Crippen molar-refractivity contribution in [3.05, 3.63) is 81.9 Å². The number of carbonyl (C=O) groups excluding carboxylic acids is 1. The summed E-state index contributed by atoms with van der Waals surface area (Å²) >= 11 is 5.26. The van der Waals surface area contributed by atoms with Gasteiger partial charge in [0.15, 0.2) is 4.77 Å². The molecule has 1 heterocycles. The topological polar surface area (TPSA) is 70.1 Å². The number of rotatable bonds is 9. The molecule has 1 amide bonds. The minimum Gasteiger partial charge on any atom is -0.372 e. The third-order valence-corrected chi connectivity index (χ3v) is 5.27. The SMILES string of the molecule is C=CCn1c(=S)[nH]c2cc(C(=O)NCCCN(CC)c3ccccc3)ccc2c1=O. The molecule has 0 spiro atoms. The zero-order chi connectivity index (χ0) is 21.5. The maximum absolute atomic E-state index is 12.6. The maximum atomic E-state index is 12.6. The average molecular weight is 423 g/mol. The molecule has 0 aliphatic carbocycles. The second-order valence-electron chi connectivity index (χ2n) is 6.92. The molecule has 0 saturated carbocycles. The van der Waals surface area contributed by atoms with E-state index in [9.17, 15) is 9.59 Å². The van der Waals surface area contributed by atoms with Crippen molar-refractivity contribution in [3.63, 3.8) is 0 Å². The number of allylic oxidation sites excluding steroid dienone is 1. The summed E-state index contributed by atoms with van der Waals surface area (Å²) in [6, 6.07) is 15.2. The van der Waals surface area contributed by atoms with Gasteiger partial charge < -0.3 is 15.2 Å². The van der Waals surface area contributed by atoms with E-state index < -0.39 is 0 Å². The minimum atomic E-state index is -0.193. The van der Waals surface area contributed by atoms with Crippen LogP contribution in [0.4, 0.5) is 5.69 Å². The molecule has 3 aromatic rings. The zero-order valence-corrected chi connectivity index (χ0v) is 17.9. The van der Waals surface area contributed by atoms with E-state index >= 15 is 0 Å². The van der Waals surface area contributed by atoms with Gasteiger partial charge in [0.05, 0.1) is 10.9 Å². The highest BCUT2D eigenvalue weighted by atomic mass is 32.1. The third kappa shape index (κ3) is 4.86.